The van der Waals surface area contributed by atoms with Gasteiger partial charge in [0.1, 0.15) is 12.4 Å². The summed E-state index contributed by atoms with van der Waals surface area (Å²) < 4.78 is 17.5. The molecular formula is C28H32N2O5. The van der Waals surface area contributed by atoms with E-state index in [0.29, 0.717) is 23.9 Å². The summed E-state index contributed by atoms with van der Waals surface area (Å²) in [5.41, 5.74) is 6.15. The average Bonchev–Trinajstić information content (AvgIpc) is 2.80. The highest BCUT2D eigenvalue weighted by Gasteiger charge is 2.35. The number of carbonyl (C=O) groups is 2. The highest BCUT2D eigenvalue weighted by molar-refractivity contribution is 5.92. The van der Waals surface area contributed by atoms with Gasteiger partial charge in [-0.05, 0) is 50.1 Å². The zero-order chi connectivity index (χ0) is 25.3. The van der Waals surface area contributed by atoms with E-state index in [9.17, 15) is 9.59 Å². The van der Waals surface area contributed by atoms with Crippen molar-refractivity contribution in [2.45, 2.75) is 46.3 Å². The third-order valence-corrected chi connectivity index (χ3v) is 6.41. The number of rotatable bonds is 7. The first-order valence-electron chi connectivity index (χ1n) is 11.7. The Kier molecular flexibility index (Phi) is 6.61. The Morgan fingerprint density at radius 1 is 1.23 bits per heavy atom. The number of amides is 1. The summed E-state index contributed by atoms with van der Waals surface area (Å²) in [7, 11) is 1.55. The lowest BCUT2D eigenvalue weighted by Gasteiger charge is -2.44. The number of ether oxygens (including phenoxy) is 3. The van der Waals surface area contributed by atoms with E-state index in [4.69, 9.17) is 14.2 Å². The monoisotopic (exact) mass is 476 g/mol. The normalized spacial score (nSPS) is 15.0. The molecule has 0 saturated heterocycles. The van der Waals surface area contributed by atoms with Crippen LogP contribution >= 0.6 is 0 Å². The lowest BCUT2D eigenvalue weighted by Crippen LogP contribution is -2.45. The number of anilines is 1. The maximum absolute atomic E-state index is 12.4. The number of esters is 1. The van der Waals surface area contributed by atoms with Gasteiger partial charge in [0.25, 0.3) is 0 Å². The molecule has 1 N–H and O–H groups in total. The molecule has 7 heteroatoms. The fourth-order valence-corrected chi connectivity index (χ4v) is 5.01. The van der Waals surface area contributed by atoms with Gasteiger partial charge in [0.05, 0.1) is 24.6 Å². The van der Waals surface area contributed by atoms with Crippen molar-refractivity contribution < 1.29 is 23.8 Å². The van der Waals surface area contributed by atoms with Crippen molar-refractivity contribution in [3.8, 4) is 28.4 Å². The van der Waals surface area contributed by atoms with Gasteiger partial charge in [0, 0.05) is 36.8 Å². The number of hydrogen-bond acceptors (Lipinski definition) is 6. The highest BCUT2D eigenvalue weighted by Crippen LogP contribution is 2.52. The second kappa shape index (κ2) is 9.49. The quantitative estimate of drug-likeness (QED) is 0.349. The molecule has 0 atom stereocenters. The van der Waals surface area contributed by atoms with E-state index in [0.717, 1.165) is 34.5 Å². The van der Waals surface area contributed by atoms with Crippen LogP contribution in [0.4, 0.5) is 5.69 Å². The molecule has 0 spiro atoms. The minimum atomic E-state index is -0.458. The molecule has 0 unspecified atom stereocenters. The minimum Gasteiger partial charge on any atom is -0.492 e. The fourth-order valence-electron chi connectivity index (χ4n) is 5.01. The molecule has 0 fully saturated rings. The van der Waals surface area contributed by atoms with Crippen LogP contribution < -0.4 is 24.4 Å². The van der Waals surface area contributed by atoms with Crippen molar-refractivity contribution in [2.24, 2.45) is 0 Å². The summed E-state index contributed by atoms with van der Waals surface area (Å²) >= 11 is 0. The van der Waals surface area contributed by atoms with E-state index in [1.54, 1.807) is 19.2 Å². The Morgan fingerprint density at radius 2 is 2.00 bits per heavy atom. The topological polar surface area (TPSA) is 77.1 Å². The third kappa shape index (κ3) is 4.50. The van der Waals surface area contributed by atoms with Crippen LogP contribution in [0.15, 0.2) is 43.0 Å². The summed E-state index contributed by atoms with van der Waals surface area (Å²) in [6.07, 6.45) is 4.25. The largest absolute Gasteiger partial charge is 0.492 e. The number of fused-ring (bicyclic) bond motifs is 5. The molecule has 2 aromatic carbocycles. The zero-order valence-corrected chi connectivity index (χ0v) is 21.0. The molecule has 7 nitrogen and oxygen atoms in total. The first kappa shape index (κ1) is 24.4. The number of methoxy groups -OCH3 is 1. The van der Waals surface area contributed by atoms with E-state index in [1.165, 1.54) is 12.5 Å². The number of nitrogens with zero attached hydrogens (tertiary/aromatic N) is 1. The van der Waals surface area contributed by atoms with Crippen LogP contribution in [-0.4, -0.2) is 37.6 Å². The SMILES string of the molecule is C=CCN1c2ccc3c(c2C(C)=CC1(C)C)COc1ccc(OC(=O)CCNC(C)=O)c(OC)c1-3. The van der Waals surface area contributed by atoms with Gasteiger partial charge in [0.2, 0.25) is 5.91 Å². The molecule has 0 bridgehead atoms. The maximum atomic E-state index is 12.4. The lowest BCUT2D eigenvalue weighted by atomic mass is 9.82. The summed E-state index contributed by atoms with van der Waals surface area (Å²) in [5.74, 6) is 0.779. The molecule has 0 aliphatic carbocycles. The van der Waals surface area contributed by atoms with E-state index in [-0.39, 0.29) is 24.4 Å². The predicted molar refractivity (Wildman–Crippen MR) is 137 cm³/mol. The van der Waals surface area contributed by atoms with Crippen molar-refractivity contribution in [3.05, 3.63) is 54.1 Å². The summed E-state index contributed by atoms with van der Waals surface area (Å²) in [6, 6.07) is 7.70. The molecule has 0 aromatic heterocycles. The fraction of sp³-hybridized carbons (Fsp3) is 0.357. The first-order valence-corrected chi connectivity index (χ1v) is 11.7. The molecule has 0 saturated carbocycles. The van der Waals surface area contributed by atoms with E-state index in [1.807, 2.05) is 6.08 Å². The van der Waals surface area contributed by atoms with E-state index in [2.05, 4.69) is 55.8 Å². The van der Waals surface area contributed by atoms with Gasteiger partial charge in [0.15, 0.2) is 11.5 Å². The Balaban J connectivity index is 1.77. The highest BCUT2D eigenvalue weighted by atomic mass is 16.6. The molecule has 2 aliphatic heterocycles. The smallest absolute Gasteiger partial charge is 0.313 e. The maximum Gasteiger partial charge on any atom is 0.313 e. The van der Waals surface area contributed by atoms with Gasteiger partial charge in [-0.2, -0.15) is 0 Å². The van der Waals surface area contributed by atoms with Crippen LogP contribution in [0.2, 0.25) is 0 Å². The van der Waals surface area contributed by atoms with Gasteiger partial charge in [-0.25, -0.2) is 0 Å². The summed E-state index contributed by atoms with van der Waals surface area (Å²) in [4.78, 5) is 25.8. The third-order valence-electron chi connectivity index (χ3n) is 6.41. The number of allylic oxidation sites excluding steroid dienone is 1. The molecule has 2 aromatic rings. The van der Waals surface area contributed by atoms with Gasteiger partial charge in [-0.1, -0.05) is 18.2 Å². The molecule has 2 aliphatic rings. The Hall–Kier alpha value is -3.74. The zero-order valence-electron chi connectivity index (χ0n) is 21.0. The van der Waals surface area contributed by atoms with Crippen molar-refractivity contribution in [1.29, 1.82) is 0 Å². The second-order valence-electron chi connectivity index (χ2n) is 9.33. The Labute approximate surface area is 206 Å². The predicted octanol–water partition coefficient (Wildman–Crippen LogP) is 4.87. The van der Waals surface area contributed by atoms with Gasteiger partial charge in [-0.3, -0.25) is 9.59 Å². The van der Waals surface area contributed by atoms with Crippen molar-refractivity contribution in [3.63, 3.8) is 0 Å². The van der Waals surface area contributed by atoms with Crippen molar-refractivity contribution >= 4 is 23.1 Å². The van der Waals surface area contributed by atoms with Crippen LogP contribution in [0.25, 0.3) is 16.7 Å². The lowest BCUT2D eigenvalue weighted by molar-refractivity contribution is -0.134. The molecule has 2 heterocycles. The Bertz CT molecular complexity index is 1230. The standard InChI is InChI=1S/C28H32N2O5/c1-7-14-30-21-9-8-19-20(25(21)17(2)15-28(30,4)5)16-34-22-10-11-23(27(33-6)26(19)22)35-24(32)12-13-29-18(3)31/h7-11,15H,1,12-14,16H2,2-6H3,(H,29,31). The van der Waals surface area contributed by atoms with Crippen LogP contribution in [-0.2, 0) is 16.2 Å². The van der Waals surface area contributed by atoms with Crippen LogP contribution in [0.1, 0.15) is 45.2 Å². The number of nitrogens with one attached hydrogen (secondary N) is 1. The molecule has 184 valence electrons. The first-order chi connectivity index (χ1) is 16.7. The molecule has 35 heavy (non-hydrogen) atoms. The Morgan fingerprint density at radius 3 is 2.69 bits per heavy atom. The average molecular weight is 477 g/mol. The van der Waals surface area contributed by atoms with Crippen LogP contribution in [0, 0.1) is 0 Å². The second-order valence-corrected chi connectivity index (χ2v) is 9.33. The van der Waals surface area contributed by atoms with E-state index < -0.39 is 5.97 Å². The van der Waals surface area contributed by atoms with Gasteiger partial charge < -0.3 is 24.4 Å². The molecule has 1 amide bonds. The van der Waals surface area contributed by atoms with Gasteiger partial charge >= 0.3 is 5.97 Å². The van der Waals surface area contributed by atoms with Crippen molar-refractivity contribution in [1.82, 2.24) is 5.32 Å². The molecule has 0 radical (unpaired) electrons. The van der Waals surface area contributed by atoms with Crippen molar-refractivity contribution in [2.75, 3.05) is 25.1 Å². The van der Waals surface area contributed by atoms with Crippen LogP contribution in [0.3, 0.4) is 0 Å². The van der Waals surface area contributed by atoms with Crippen LogP contribution in [0.5, 0.6) is 17.2 Å². The van der Waals surface area contributed by atoms with E-state index >= 15 is 0 Å². The molecular weight excluding hydrogens is 444 g/mol. The summed E-state index contributed by atoms with van der Waals surface area (Å²) in [5, 5.41) is 2.60. The molecule has 4 rings (SSSR count). The number of hydrogen-bond donors (Lipinski definition) is 1. The number of carbonyl (C=O) groups excluding carboxylic acids is 2. The minimum absolute atomic E-state index is 0.0549. The number of benzene rings is 2. The van der Waals surface area contributed by atoms with Gasteiger partial charge in [-0.15, -0.1) is 6.58 Å². The summed E-state index contributed by atoms with van der Waals surface area (Å²) in [6.45, 7) is 13.2.